The van der Waals surface area contributed by atoms with Crippen molar-refractivity contribution in [2.24, 2.45) is 12.0 Å². The number of hydrogen-bond acceptors (Lipinski definition) is 3. The molecule has 0 atom stereocenters. The average Bonchev–Trinajstić information content (AvgIpc) is 2.97. The van der Waals surface area contributed by atoms with Gasteiger partial charge in [0.25, 0.3) is 0 Å². The smallest absolute Gasteiger partial charge is 0.193 e. The van der Waals surface area contributed by atoms with Gasteiger partial charge >= 0.3 is 0 Å². The molecule has 0 aliphatic heterocycles. The molecule has 2 rings (SSSR count). The van der Waals surface area contributed by atoms with Crippen molar-refractivity contribution >= 4 is 35.6 Å². The monoisotopic (exact) mass is 498 g/mol. The van der Waals surface area contributed by atoms with Gasteiger partial charge in [0.2, 0.25) is 0 Å². The van der Waals surface area contributed by atoms with Gasteiger partial charge < -0.3 is 15.1 Å². The Bertz CT molecular complexity index is 794. The molecule has 0 bridgehead atoms. The zero-order valence-corrected chi connectivity index (χ0v) is 20.8. The zero-order valence-electron chi connectivity index (χ0n) is 18.4. The Morgan fingerprint density at radius 3 is 2.43 bits per heavy atom. The van der Waals surface area contributed by atoms with Gasteiger partial charge in [-0.1, -0.05) is 19.9 Å². The minimum Gasteiger partial charge on any atom is -0.378 e. The van der Waals surface area contributed by atoms with Crippen LogP contribution in [0.2, 0.25) is 0 Å². The fourth-order valence-corrected chi connectivity index (χ4v) is 3.21. The topological polar surface area (TPSA) is 48.7 Å². The number of aliphatic imine (C=N–C) groups is 1. The SMILES string of the molecule is CN=C(NCc1ccc(N(C)C)cc1C)N(C)Cc1cn(C)nc1C(C)C.I. The van der Waals surface area contributed by atoms with Gasteiger partial charge in [-0.15, -0.1) is 24.0 Å². The van der Waals surface area contributed by atoms with Crippen molar-refractivity contribution in [2.45, 2.75) is 39.8 Å². The van der Waals surface area contributed by atoms with Gasteiger partial charge in [-0.05, 0) is 36.1 Å². The van der Waals surface area contributed by atoms with Crippen LogP contribution in [-0.2, 0) is 20.1 Å². The molecule has 0 radical (unpaired) electrons. The van der Waals surface area contributed by atoms with Crippen molar-refractivity contribution in [3.8, 4) is 0 Å². The summed E-state index contributed by atoms with van der Waals surface area (Å²) in [6.07, 6.45) is 2.10. The maximum Gasteiger partial charge on any atom is 0.193 e. The van der Waals surface area contributed by atoms with E-state index in [1.54, 1.807) is 0 Å². The van der Waals surface area contributed by atoms with Crippen LogP contribution in [0, 0.1) is 6.92 Å². The lowest BCUT2D eigenvalue weighted by Crippen LogP contribution is -2.38. The Morgan fingerprint density at radius 1 is 1.21 bits per heavy atom. The number of nitrogens with one attached hydrogen (secondary N) is 1. The Kier molecular flexibility index (Phi) is 9.26. The molecular weight excluding hydrogens is 463 g/mol. The van der Waals surface area contributed by atoms with Gasteiger partial charge in [-0.3, -0.25) is 9.67 Å². The maximum atomic E-state index is 4.60. The molecule has 0 saturated heterocycles. The summed E-state index contributed by atoms with van der Waals surface area (Å²) in [5, 5.41) is 8.09. The van der Waals surface area contributed by atoms with E-state index in [4.69, 9.17) is 0 Å². The molecule has 0 fully saturated rings. The number of anilines is 1. The molecule has 0 aliphatic rings. The lowest BCUT2D eigenvalue weighted by Gasteiger charge is -2.23. The van der Waals surface area contributed by atoms with Crippen LogP contribution in [0.4, 0.5) is 5.69 Å². The lowest BCUT2D eigenvalue weighted by molar-refractivity contribution is 0.473. The molecule has 6 nitrogen and oxygen atoms in total. The summed E-state index contributed by atoms with van der Waals surface area (Å²) in [5.74, 6) is 1.28. The van der Waals surface area contributed by atoms with Gasteiger partial charge in [0.1, 0.15) is 0 Å². The van der Waals surface area contributed by atoms with E-state index in [-0.39, 0.29) is 24.0 Å². The molecule has 0 aliphatic carbocycles. The third-order valence-electron chi connectivity index (χ3n) is 4.74. The first-order valence-corrected chi connectivity index (χ1v) is 9.44. The van der Waals surface area contributed by atoms with Crippen LogP contribution in [0.15, 0.2) is 29.4 Å². The van der Waals surface area contributed by atoms with Crippen molar-refractivity contribution < 1.29 is 0 Å². The van der Waals surface area contributed by atoms with Crippen LogP contribution in [0.25, 0.3) is 0 Å². The zero-order chi connectivity index (χ0) is 20.1. The van der Waals surface area contributed by atoms with Gasteiger partial charge in [-0.25, -0.2) is 0 Å². The number of hydrogen-bond donors (Lipinski definition) is 1. The fourth-order valence-electron chi connectivity index (χ4n) is 3.21. The lowest BCUT2D eigenvalue weighted by atomic mass is 10.1. The summed E-state index contributed by atoms with van der Waals surface area (Å²) in [6.45, 7) is 8.04. The highest BCUT2D eigenvalue weighted by Crippen LogP contribution is 2.19. The summed E-state index contributed by atoms with van der Waals surface area (Å²) >= 11 is 0. The van der Waals surface area contributed by atoms with Crippen LogP contribution < -0.4 is 10.2 Å². The molecule has 7 heteroatoms. The number of aryl methyl sites for hydroxylation is 2. The second kappa shape index (κ2) is 10.7. The number of nitrogens with zero attached hydrogens (tertiary/aromatic N) is 5. The van der Waals surface area contributed by atoms with Crippen molar-refractivity contribution in [1.29, 1.82) is 0 Å². The number of benzene rings is 1. The summed E-state index contributed by atoms with van der Waals surface area (Å²) in [6, 6.07) is 6.55. The van der Waals surface area contributed by atoms with Crippen molar-refractivity contribution in [1.82, 2.24) is 20.0 Å². The van der Waals surface area contributed by atoms with Gasteiger partial charge in [0.05, 0.1) is 5.69 Å². The van der Waals surface area contributed by atoms with Crippen molar-refractivity contribution in [3.05, 3.63) is 46.8 Å². The first-order chi connectivity index (χ1) is 12.7. The molecule has 1 heterocycles. The minimum atomic E-state index is 0. The molecule has 0 saturated carbocycles. The molecule has 0 amide bonds. The number of rotatable bonds is 6. The second-order valence-corrected chi connectivity index (χ2v) is 7.63. The molecule has 0 unspecified atom stereocenters. The Morgan fingerprint density at radius 2 is 1.89 bits per heavy atom. The summed E-state index contributed by atoms with van der Waals surface area (Å²) in [4.78, 5) is 8.72. The molecule has 2 aromatic rings. The van der Waals surface area contributed by atoms with Crippen LogP contribution in [0.3, 0.4) is 0 Å². The van der Waals surface area contributed by atoms with Crippen LogP contribution >= 0.6 is 24.0 Å². The summed E-state index contributed by atoms with van der Waals surface area (Å²) in [7, 11) is 9.99. The second-order valence-electron chi connectivity index (χ2n) is 7.63. The Labute approximate surface area is 187 Å². The predicted molar refractivity (Wildman–Crippen MR) is 130 cm³/mol. The Hall–Kier alpha value is -1.77. The number of halogens is 1. The fraction of sp³-hybridized carbons (Fsp3) is 0.524. The highest BCUT2D eigenvalue weighted by atomic mass is 127. The normalized spacial score (nSPS) is 11.4. The number of aromatic nitrogens is 2. The van der Waals surface area contributed by atoms with Gasteiger partial charge in [0, 0.05) is 65.8 Å². The largest absolute Gasteiger partial charge is 0.378 e. The first-order valence-electron chi connectivity index (χ1n) is 9.44. The molecule has 1 N–H and O–H groups in total. The quantitative estimate of drug-likeness (QED) is 0.375. The van der Waals surface area contributed by atoms with Crippen molar-refractivity contribution in [2.75, 3.05) is 33.1 Å². The van der Waals surface area contributed by atoms with E-state index >= 15 is 0 Å². The highest BCUT2D eigenvalue weighted by molar-refractivity contribution is 14.0. The number of guanidine groups is 1. The van der Waals surface area contributed by atoms with E-state index in [0.29, 0.717) is 5.92 Å². The average molecular weight is 498 g/mol. The van der Waals surface area contributed by atoms with Crippen LogP contribution in [0.1, 0.15) is 42.1 Å². The van der Waals surface area contributed by atoms with E-state index in [2.05, 4.69) is 91.5 Å². The Balaban J connectivity index is 0.00000392. The third-order valence-corrected chi connectivity index (χ3v) is 4.74. The third kappa shape index (κ3) is 6.12. The molecule has 0 spiro atoms. The van der Waals surface area contributed by atoms with Crippen LogP contribution in [0.5, 0.6) is 0 Å². The van der Waals surface area contributed by atoms with Crippen molar-refractivity contribution in [3.63, 3.8) is 0 Å². The van der Waals surface area contributed by atoms with E-state index < -0.39 is 0 Å². The molecule has 1 aromatic heterocycles. The van der Waals surface area contributed by atoms with E-state index in [1.807, 2.05) is 18.8 Å². The maximum absolute atomic E-state index is 4.60. The molecule has 28 heavy (non-hydrogen) atoms. The highest BCUT2D eigenvalue weighted by Gasteiger charge is 2.15. The summed E-state index contributed by atoms with van der Waals surface area (Å²) < 4.78 is 1.89. The van der Waals surface area contributed by atoms with E-state index in [1.165, 1.54) is 22.4 Å². The van der Waals surface area contributed by atoms with E-state index in [0.717, 1.165) is 24.7 Å². The molecular formula is C21H35IN6. The van der Waals surface area contributed by atoms with Crippen LogP contribution in [-0.4, -0.2) is 48.8 Å². The van der Waals surface area contributed by atoms with Gasteiger partial charge in [0.15, 0.2) is 5.96 Å². The standard InChI is InChI=1S/C21H34N6.HI/c1-15(2)20-18(14-27(8)24-20)13-26(7)21(22-4)23-12-17-9-10-19(25(5)6)11-16(17)3;/h9-11,14-15H,12-13H2,1-8H3,(H,22,23);1H. The predicted octanol–water partition coefficient (Wildman–Crippen LogP) is 3.74. The molecule has 156 valence electrons. The van der Waals surface area contributed by atoms with E-state index in [9.17, 15) is 0 Å². The minimum absolute atomic E-state index is 0. The summed E-state index contributed by atoms with van der Waals surface area (Å²) in [5.41, 5.74) is 6.16. The first kappa shape index (κ1) is 24.3. The van der Waals surface area contributed by atoms with Gasteiger partial charge in [-0.2, -0.15) is 5.10 Å². The molecule has 1 aromatic carbocycles.